The minimum Gasteiger partial charge on any atom is -0.465 e. The van der Waals surface area contributed by atoms with Crippen LogP contribution in [-0.2, 0) is 4.74 Å². The molecule has 1 N–H and O–H groups in total. The van der Waals surface area contributed by atoms with Crippen LogP contribution < -0.4 is 5.46 Å². The zero-order valence-electron chi connectivity index (χ0n) is 7.57. The van der Waals surface area contributed by atoms with Gasteiger partial charge in [0.25, 0.3) is 0 Å². The monoisotopic (exact) mass is 179 g/mol. The van der Waals surface area contributed by atoms with Gasteiger partial charge in [-0.05, 0) is 18.5 Å². The normalized spacial score (nSPS) is 9.46. The van der Waals surface area contributed by atoms with Crippen molar-refractivity contribution in [3.63, 3.8) is 0 Å². The number of nitrogens with zero attached hydrogens (tertiary/aromatic N) is 1. The van der Waals surface area contributed by atoms with Gasteiger partial charge >= 0.3 is 13.5 Å². The third-order valence-electron chi connectivity index (χ3n) is 1.70. The number of aryl methyl sites for hydroxylation is 1. The van der Waals surface area contributed by atoms with Crippen LogP contribution in [0, 0.1) is 6.92 Å². The molecular weight excluding hydrogens is 169 g/mol. The Morgan fingerprint density at radius 3 is 2.92 bits per heavy atom. The summed E-state index contributed by atoms with van der Waals surface area (Å²) in [7, 11) is 1.11. The van der Waals surface area contributed by atoms with Gasteiger partial charge < -0.3 is 9.76 Å². The van der Waals surface area contributed by atoms with Gasteiger partial charge in [0.05, 0.1) is 12.7 Å². The highest BCUT2D eigenvalue weighted by Crippen LogP contribution is 1.97. The molecule has 0 unspecified atom stereocenters. The van der Waals surface area contributed by atoms with Gasteiger partial charge in [-0.15, -0.1) is 0 Å². The molecule has 1 aromatic heterocycles. The highest BCUT2D eigenvalue weighted by molar-refractivity contribution is 6.48. The van der Waals surface area contributed by atoms with Gasteiger partial charge in [0.2, 0.25) is 0 Å². The summed E-state index contributed by atoms with van der Waals surface area (Å²) < 4.78 is 4.53. The molecule has 0 atom stereocenters. The van der Waals surface area contributed by atoms with E-state index >= 15 is 0 Å². The molecule has 1 rings (SSSR count). The van der Waals surface area contributed by atoms with E-state index in [1.807, 2.05) is 0 Å². The number of methoxy groups -OCH3 is 1. The number of aromatic nitrogens is 1. The quantitative estimate of drug-likeness (QED) is 0.474. The fraction of sp³-hybridized carbons (Fsp3) is 0.250. The van der Waals surface area contributed by atoms with Gasteiger partial charge in [0.1, 0.15) is 0 Å². The Kier molecular flexibility index (Phi) is 3.03. The number of rotatable bonds is 2. The largest absolute Gasteiger partial charge is 0.465 e. The smallest absolute Gasteiger partial charge is 0.338 e. The van der Waals surface area contributed by atoms with E-state index in [-0.39, 0.29) is 7.48 Å². The highest BCUT2D eigenvalue weighted by atomic mass is 16.5. The molecule has 0 radical (unpaired) electrons. The molecule has 0 aliphatic rings. The van der Waals surface area contributed by atoms with Crippen LogP contribution in [0.4, 0.5) is 0 Å². The molecule has 0 spiro atoms. The van der Waals surface area contributed by atoms with E-state index < -0.39 is 5.97 Å². The van der Waals surface area contributed by atoms with E-state index in [0.717, 1.165) is 5.69 Å². The number of hydrogen-bond acceptors (Lipinski definition) is 4. The van der Waals surface area contributed by atoms with E-state index in [0.29, 0.717) is 11.0 Å². The molecule has 5 heteroatoms. The Morgan fingerprint density at radius 1 is 1.69 bits per heavy atom. The van der Waals surface area contributed by atoms with Gasteiger partial charge in [0.15, 0.2) is 0 Å². The molecule has 0 fully saturated rings. The van der Waals surface area contributed by atoms with Crippen LogP contribution in [0.5, 0.6) is 0 Å². The van der Waals surface area contributed by atoms with E-state index in [2.05, 4.69) is 9.72 Å². The van der Waals surface area contributed by atoms with Crippen molar-refractivity contribution in [1.82, 2.24) is 4.98 Å². The second-order valence-corrected chi connectivity index (χ2v) is 2.63. The summed E-state index contributed by atoms with van der Waals surface area (Å²) in [5.41, 5.74) is 1.62. The minimum atomic E-state index is -0.475. The van der Waals surface area contributed by atoms with Crippen LogP contribution in [0.3, 0.4) is 0 Å². The SMILES string of the molecule is COC(=O)c1cnc(C)cc1BO. The van der Waals surface area contributed by atoms with Crippen LogP contribution in [0.15, 0.2) is 12.3 Å². The van der Waals surface area contributed by atoms with Gasteiger partial charge in [-0.1, -0.05) is 0 Å². The summed E-state index contributed by atoms with van der Waals surface area (Å²) in [4.78, 5) is 15.1. The lowest BCUT2D eigenvalue weighted by molar-refractivity contribution is 0.0601. The molecule has 13 heavy (non-hydrogen) atoms. The summed E-state index contributed by atoms with van der Waals surface area (Å²) in [6.07, 6.45) is 1.41. The minimum absolute atomic E-state index is 0.187. The molecule has 0 saturated carbocycles. The second kappa shape index (κ2) is 4.05. The summed E-state index contributed by atoms with van der Waals surface area (Å²) in [5.74, 6) is -0.475. The maximum atomic E-state index is 11.1. The summed E-state index contributed by atoms with van der Waals surface area (Å²) in [6, 6.07) is 1.66. The number of esters is 1. The second-order valence-electron chi connectivity index (χ2n) is 2.63. The number of pyridine rings is 1. The molecule has 1 aromatic rings. The Labute approximate surface area is 76.8 Å². The fourth-order valence-corrected chi connectivity index (χ4v) is 1.04. The lowest BCUT2D eigenvalue weighted by Gasteiger charge is -2.04. The van der Waals surface area contributed by atoms with Crippen molar-refractivity contribution in [2.45, 2.75) is 6.92 Å². The molecule has 0 bridgehead atoms. The summed E-state index contributed by atoms with van der Waals surface area (Å²) in [5, 5.41) is 8.95. The van der Waals surface area contributed by atoms with Crippen LogP contribution in [0.25, 0.3) is 0 Å². The third-order valence-corrected chi connectivity index (χ3v) is 1.70. The summed E-state index contributed by atoms with van der Waals surface area (Å²) >= 11 is 0. The van der Waals surface area contributed by atoms with Crippen molar-refractivity contribution in [1.29, 1.82) is 0 Å². The molecular formula is C8H10BNO3. The predicted molar refractivity (Wildman–Crippen MR) is 49.3 cm³/mol. The van der Waals surface area contributed by atoms with Crippen molar-refractivity contribution in [3.8, 4) is 0 Å². The molecule has 0 aliphatic heterocycles. The Hall–Kier alpha value is -1.36. The van der Waals surface area contributed by atoms with E-state index in [1.165, 1.54) is 13.3 Å². The Balaban J connectivity index is 3.13. The third kappa shape index (κ3) is 2.06. The molecule has 4 nitrogen and oxygen atoms in total. The lowest BCUT2D eigenvalue weighted by atomic mass is 9.85. The molecule has 0 amide bonds. The maximum absolute atomic E-state index is 11.1. The van der Waals surface area contributed by atoms with Gasteiger partial charge in [-0.3, -0.25) is 4.98 Å². The number of carbonyl (C=O) groups is 1. The number of carbonyl (C=O) groups excluding carboxylic acids is 1. The predicted octanol–water partition coefficient (Wildman–Crippen LogP) is -0.854. The topological polar surface area (TPSA) is 59.4 Å². The molecule has 0 saturated heterocycles. The Bertz CT molecular complexity index is 327. The number of ether oxygens (including phenoxy) is 1. The van der Waals surface area contributed by atoms with Gasteiger partial charge in [-0.25, -0.2) is 4.79 Å². The van der Waals surface area contributed by atoms with Crippen LogP contribution in [0.1, 0.15) is 16.1 Å². The molecule has 0 aromatic carbocycles. The zero-order valence-corrected chi connectivity index (χ0v) is 7.57. The number of hydrogen-bond donors (Lipinski definition) is 1. The van der Waals surface area contributed by atoms with Crippen LogP contribution in [0.2, 0.25) is 0 Å². The first-order chi connectivity index (χ1) is 6.19. The van der Waals surface area contributed by atoms with Crippen molar-refractivity contribution in [2.75, 3.05) is 7.11 Å². The maximum Gasteiger partial charge on any atom is 0.338 e. The zero-order chi connectivity index (χ0) is 9.84. The van der Waals surface area contributed by atoms with Gasteiger partial charge in [-0.2, -0.15) is 0 Å². The van der Waals surface area contributed by atoms with Gasteiger partial charge in [0, 0.05) is 11.9 Å². The van der Waals surface area contributed by atoms with Crippen molar-refractivity contribution in [3.05, 3.63) is 23.5 Å². The van der Waals surface area contributed by atoms with Crippen molar-refractivity contribution in [2.24, 2.45) is 0 Å². The van der Waals surface area contributed by atoms with E-state index in [4.69, 9.17) is 5.02 Å². The van der Waals surface area contributed by atoms with Crippen LogP contribution in [-0.4, -0.2) is 30.6 Å². The first-order valence-corrected chi connectivity index (χ1v) is 3.83. The first kappa shape index (κ1) is 9.73. The average molecular weight is 179 g/mol. The highest BCUT2D eigenvalue weighted by Gasteiger charge is 2.12. The molecule has 0 aliphatic carbocycles. The molecule has 68 valence electrons. The summed E-state index contributed by atoms with van der Waals surface area (Å²) in [6.45, 7) is 1.79. The van der Waals surface area contributed by atoms with Crippen LogP contribution >= 0.6 is 0 Å². The molecule has 1 heterocycles. The fourth-order valence-electron chi connectivity index (χ4n) is 1.04. The average Bonchev–Trinajstić information content (AvgIpc) is 2.16. The van der Waals surface area contributed by atoms with Crippen molar-refractivity contribution >= 4 is 18.9 Å². The standard InChI is InChI=1S/C8H10BNO3/c1-5-3-7(9-12)6(4-10-5)8(11)13-2/h3-4,9,12H,1-2H3. The Morgan fingerprint density at radius 2 is 2.38 bits per heavy atom. The van der Waals surface area contributed by atoms with Crippen molar-refractivity contribution < 1.29 is 14.6 Å². The van der Waals surface area contributed by atoms with E-state index in [9.17, 15) is 4.79 Å². The first-order valence-electron chi connectivity index (χ1n) is 3.83. The van der Waals surface area contributed by atoms with E-state index in [1.54, 1.807) is 13.0 Å². The lowest BCUT2D eigenvalue weighted by Crippen LogP contribution is -2.24.